The summed E-state index contributed by atoms with van der Waals surface area (Å²) in [4.78, 5) is 23.3. The number of carbonyl (C=O) groups is 2. The van der Waals surface area contributed by atoms with Crippen molar-refractivity contribution in [1.82, 2.24) is 0 Å². The number of aliphatic hydroxyl groups is 2. The minimum Gasteiger partial charge on any atom is -0.393 e. The van der Waals surface area contributed by atoms with Gasteiger partial charge in [-0.05, 0) is 12.5 Å². The van der Waals surface area contributed by atoms with Crippen LogP contribution in [-0.4, -0.2) is 42.4 Å². The number of esters is 2. The molecule has 0 rings (SSSR count). The lowest BCUT2D eigenvalue weighted by molar-refractivity contribution is -0.176. The van der Waals surface area contributed by atoms with Gasteiger partial charge in [0.05, 0.1) is 14.7 Å². The molecule has 0 aliphatic carbocycles. The lowest BCUT2D eigenvalue weighted by atomic mass is 9.98. The zero-order valence-corrected chi connectivity index (χ0v) is 13.3. The van der Waals surface area contributed by atoms with E-state index in [4.69, 9.17) is 0 Å². The van der Waals surface area contributed by atoms with Crippen molar-refractivity contribution >= 4 is 20.0 Å². The molecule has 0 radical (unpaired) electrons. The second kappa shape index (κ2) is 6.45. The Morgan fingerprint density at radius 2 is 1.84 bits per heavy atom. The first kappa shape index (κ1) is 18.0. The fourth-order valence-electron chi connectivity index (χ4n) is 2.24. The summed E-state index contributed by atoms with van der Waals surface area (Å²) in [5.41, 5.74) is -2.38. The number of ether oxygens (including phenoxy) is 1. The van der Waals surface area contributed by atoms with Gasteiger partial charge in [-0.1, -0.05) is 39.6 Å². The number of hydrogen-bond acceptors (Lipinski definition) is 5. The number of rotatable bonds is 6. The second-order valence-electron chi connectivity index (χ2n) is 5.87. The summed E-state index contributed by atoms with van der Waals surface area (Å²) in [5, 5.41) is 19.9. The molecule has 5 nitrogen and oxygen atoms in total. The molecule has 2 N–H and O–H groups in total. The average Bonchev–Trinajstić information content (AvgIpc) is 2.27. The Morgan fingerprint density at radius 3 is 2.11 bits per heavy atom. The molecule has 2 unspecified atom stereocenters. The molecule has 0 aliphatic heterocycles. The predicted octanol–water partition coefficient (Wildman–Crippen LogP) is 1.47. The number of carbonyl (C=O) groups excluding carboxylic acids is 2. The Hall–Kier alpha value is -0.983. The van der Waals surface area contributed by atoms with Crippen molar-refractivity contribution in [1.29, 1.82) is 0 Å². The molecule has 19 heavy (non-hydrogen) atoms. The van der Waals surface area contributed by atoms with Gasteiger partial charge < -0.3 is 14.9 Å². The molecular weight excluding hydrogens is 264 g/mol. The molecule has 0 heterocycles. The highest BCUT2D eigenvalue weighted by molar-refractivity contribution is 6.78. The average molecular weight is 288 g/mol. The molecule has 0 spiro atoms. The van der Waals surface area contributed by atoms with Gasteiger partial charge in [-0.3, -0.25) is 0 Å². The van der Waals surface area contributed by atoms with Crippen LogP contribution in [0.25, 0.3) is 0 Å². The first-order chi connectivity index (χ1) is 8.50. The maximum Gasteiger partial charge on any atom is 0.348 e. The van der Waals surface area contributed by atoms with Crippen LogP contribution in [-0.2, 0) is 14.3 Å². The van der Waals surface area contributed by atoms with Crippen LogP contribution in [0.2, 0.25) is 25.2 Å². The van der Waals surface area contributed by atoms with Gasteiger partial charge in [-0.25, -0.2) is 9.59 Å². The Bertz CT molecular complexity index is 372. The van der Waals surface area contributed by atoms with E-state index in [1.807, 2.05) is 26.6 Å². The molecule has 0 aromatic rings. The normalized spacial score (nSPS) is 16.4. The molecule has 6 heteroatoms. The van der Waals surface area contributed by atoms with Crippen LogP contribution in [0.3, 0.4) is 0 Å². The molecule has 0 aliphatic rings. The van der Waals surface area contributed by atoms with Crippen molar-refractivity contribution in [2.45, 2.75) is 51.1 Å². The third-order valence-corrected chi connectivity index (χ3v) is 6.14. The fourth-order valence-corrected chi connectivity index (χ4v) is 5.11. The largest absolute Gasteiger partial charge is 0.393 e. The van der Waals surface area contributed by atoms with E-state index in [9.17, 15) is 19.8 Å². The maximum absolute atomic E-state index is 12.0. The predicted molar refractivity (Wildman–Crippen MR) is 75.3 cm³/mol. The van der Waals surface area contributed by atoms with Crippen molar-refractivity contribution in [3.63, 3.8) is 0 Å². The fraction of sp³-hybridized carbons (Fsp3) is 0.692. The lowest BCUT2D eigenvalue weighted by Crippen LogP contribution is -2.54. The molecule has 0 bridgehead atoms. The van der Waals surface area contributed by atoms with Crippen LogP contribution in [0.1, 0.15) is 20.3 Å². The molecule has 0 fully saturated rings. The molecule has 0 saturated carbocycles. The molecule has 2 atom stereocenters. The van der Waals surface area contributed by atoms with E-state index in [1.165, 1.54) is 6.92 Å². The third kappa shape index (κ3) is 4.26. The van der Waals surface area contributed by atoms with E-state index in [1.54, 1.807) is 0 Å². The zero-order chi connectivity index (χ0) is 15.4. The number of hydrogen-bond donors (Lipinski definition) is 2. The molecule has 0 aromatic heterocycles. The van der Waals surface area contributed by atoms with Crippen LogP contribution in [0, 0.1) is 0 Å². The Balaban J connectivity index is 5.30. The number of aliphatic hydroxyl groups excluding tert-OH is 1. The lowest BCUT2D eigenvalue weighted by Gasteiger charge is -2.38. The van der Waals surface area contributed by atoms with Crippen LogP contribution < -0.4 is 0 Å². The van der Waals surface area contributed by atoms with E-state index in [-0.39, 0.29) is 5.57 Å². The summed E-state index contributed by atoms with van der Waals surface area (Å²) in [6.07, 6.45) is 0.517. The smallest absolute Gasteiger partial charge is 0.348 e. The van der Waals surface area contributed by atoms with Crippen molar-refractivity contribution in [3.8, 4) is 0 Å². The van der Waals surface area contributed by atoms with Crippen molar-refractivity contribution < 1.29 is 24.5 Å². The van der Waals surface area contributed by atoms with E-state index in [0.29, 0.717) is 6.42 Å². The highest BCUT2D eigenvalue weighted by Crippen LogP contribution is 2.37. The minimum atomic E-state index is -2.04. The summed E-state index contributed by atoms with van der Waals surface area (Å²) in [7, 11) is -1.93. The SMILES string of the molecule is C=C(C)C(=O)OC(=O)C(O)(CO)C(CC)[Si](C)(C)C. The van der Waals surface area contributed by atoms with Crippen LogP contribution in [0.4, 0.5) is 0 Å². The Morgan fingerprint density at radius 1 is 1.37 bits per heavy atom. The van der Waals surface area contributed by atoms with Crippen molar-refractivity contribution in [2.24, 2.45) is 0 Å². The van der Waals surface area contributed by atoms with Gasteiger partial charge in [0.25, 0.3) is 0 Å². The van der Waals surface area contributed by atoms with Gasteiger partial charge in [-0.2, -0.15) is 0 Å². The van der Waals surface area contributed by atoms with Crippen molar-refractivity contribution in [2.75, 3.05) is 6.61 Å². The molecule has 0 saturated heterocycles. The van der Waals surface area contributed by atoms with E-state index < -0.39 is 37.8 Å². The highest BCUT2D eigenvalue weighted by Gasteiger charge is 2.50. The molecule has 0 aromatic carbocycles. The van der Waals surface area contributed by atoms with Gasteiger partial charge in [0.1, 0.15) is 0 Å². The van der Waals surface area contributed by atoms with Gasteiger partial charge in [-0.15, -0.1) is 0 Å². The first-order valence-corrected chi connectivity index (χ1v) is 9.83. The quantitative estimate of drug-likeness (QED) is 0.335. The molecule has 110 valence electrons. The van der Waals surface area contributed by atoms with Crippen molar-refractivity contribution in [3.05, 3.63) is 12.2 Å². The molecule has 0 amide bonds. The minimum absolute atomic E-state index is 0.0645. The summed E-state index contributed by atoms with van der Waals surface area (Å²) < 4.78 is 4.58. The van der Waals surface area contributed by atoms with E-state index in [2.05, 4.69) is 11.3 Å². The summed E-state index contributed by atoms with van der Waals surface area (Å²) >= 11 is 0. The monoisotopic (exact) mass is 288 g/mol. The zero-order valence-electron chi connectivity index (χ0n) is 12.3. The van der Waals surface area contributed by atoms with Gasteiger partial charge >= 0.3 is 11.9 Å². The first-order valence-electron chi connectivity index (χ1n) is 6.26. The Kier molecular flexibility index (Phi) is 6.12. The summed E-state index contributed by atoms with van der Waals surface area (Å²) in [5.74, 6) is -1.99. The summed E-state index contributed by atoms with van der Waals surface area (Å²) in [6.45, 7) is 11.8. The van der Waals surface area contributed by atoms with Gasteiger partial charge in [0.2, 0.25) is 0 Å². The third-order valence-electron chi connectivity index (χ3n) is 3.16. The maximum atomic E-state index is 12.0. The van der Waals surface area contributed by atoms with Crippen LogP contribution in [0.15, 0.2) is 12.2 Å². The standard InChI is InChI=1S/C13H24O5Si/c1-7-10(19(4,5)6)13(17,8-14)12(16)18-11(15)9(2)3/h10,14,17H,2,7-8H2,1,3-6H3. The van der Waals surface area contributed by atoms with Gasteiger partial charge in [0.15, 0.2) is 5.60 Å². The van der Waals surface area contributed by atoms with Crippen LogP contribution >= 0.6 is 0 Å². The molecular formula is C13H24O5Si. The van der Waals surface area contributed by atoms with Crippen LogP contribution in [0.5, 0.6) is 0 Å². The Labute approximate surface area is 115 Å². The van der Waals surface area contributed by atoms with Gasteiger partial charge in [0, 0.05) is 5.57 Å². The highest BCUT2D eigenvalue weighted by atomic mass is 28.3. The van der Waals surface area contributed by atoms with E-state index >= 15 is 0 Å². The topological polar surface area (TPSA) is 83.8 Å². The van der Waals surface area contributed by atoms with E-state index in [0.717, 1.165) is 0 Å². The summed E-state index contributed by atoms with van der Waals surface area (Å²) in [6, 6.07) is 0. The second-order valence-corrected chi connectivity index (χ2v) is 11.3.